The molecule has 0 fully saturated rings. The van der Waals surface area contributed by atoms with Crippen LogP contribution in [-0.2, 0) is 19.4 Å². The van der Waals surface area contributed by atoms with Crippen molar-refractivity contribution >= 4 is 11.6 Å². The Morgan fingerprint density at radius 3 is 2.93 bits per heavy atom. The maximum atomic E-state index is 6.08. The Bertz CT molecular complexity index is 329. The van der Waals surface area contributed by atoms with Crippen molar-refractivity contribution in [1.82, 2.24) is 4.90 Å². The Labute approximate surface area is 90.7 Å². The molecule has 0 unspecified atom stereocenters. The van der Waals surface area contributed by atoms with E-state index in [1.807, 2.05) is 0 Å². The normalized spacial score (nSPS) is 16.8. The van der Waals surface area contributed by atoms with Gasteiger partial charge in [-0.2, -0.15) is 0 Å². The van der Waals surface area contributed by atoms with Gasteiger partial charge in [0.2, 0.25) is 0 Å². The molecule has 1 aliphatic heterocycles. The second-order valence-corrected chi connectivity index (χ2v) is 4.48. The van der Waals surface area contributed by atoms with Crippen molar-refractivity contribution in [2.75, 3.05) is 13.6 Å². The molecule has 0 spiro atoms. The monoisotopic (exact) mass is 209 g/mol. The average Bonchev–Trinajstić information content (AvgIpc) is 2.17. The molecule has 0 radical (unpaired) electrons. The number of rotatable bonds is 1. The Hall–Kier alpha value is -0.530. The van der Waals surface area contributed by atoms with Crippen LogP contribution in [0.15, 0.2) is 12.1 Å². The molecular formula is C12H16ClN. The van der Waals surface area contributed by atoms with Crippen molar-refractivity contribution in [3.63, 3.8) is 0 Å². The first kappa shape index (κ1) is 10.0. The predicted molar refractivity (Wildman–Crippen MR) is 60.9 cm³/mol. The molecule has 0 saturated carbocycles. The van der Waals surface area contributed by atoms with Gasteiger partial charge in [0, 0.05) is 18.1 Å². The molecule has 1 aromatic rings. The van der Waals surface area contributed by atoms with E-state index in [9.17, 15) is 0 Å². The molecule has 1 nitrogen and oxygen atoms in total. The molecule has 0 amide bonds. The van der Waals surface area contributed by atoms with Crippen molar-refractivity contribution in [3.05, 3.63) is 33.8 Å². The second-order valence-electron chi connectivity index (χ2n) is 4.04. The van der Waals surface area contributed by atoms with Gasteiger partial charge < -0.3 is 4.90 Å². The van der Waals surface area contributed by atoms with E-state index in [2.05, 4.69) is 31.0 Å². The zero-order valence-electron chi connectivity index (χ0n) is 8.81. The summed E-state index contributed by atoms with van der Waals surface area (Å²) in [6, 6.07) is 4.24. The lowest BCUT2D eigenvalue weighted by molar-refractivity contribution is 0.311. The molecule has 2 rings (SSSR count). The van der Waals surface area contributed by atoms with Gasteiger partial charge >= 0.3 is 0 Å². The summed E-state index contributed by atoms with van der Waals surface area (Å²) in [6.45, 7) is 4.42. The highest BCUT2D eigenvalue weighted by Gasteiger charge is 2.16. The highest BCUT2D eigenvalue weighted by Crippen LogP contribution is 2.26. The minimum atomic E-state index is 0.894. The number of hydrogen-bond acceptors (Lipinski definition) is 1. The number of hydrogen-bond donors (Lipinski definition) is 0. The van der Waals surface area contributed by atoms with Crippen LogP contribution >= 0.6 is 11.6 Å². The summed E-state index contributed by atoms with van der Waals surface area (Å²) in [5.41, 5.74) is 4.37. The van der Waals surface area contributed by atoms with Crippen molar-refractivity contribution in [2.24, 2.45) is 0 Å². The molecular weight excluding hydrogens is 194 g/mol. The second kappa shape index (κ2) is 3.92. The summed E-state index contributed by atoms with van der Waals surface area (Å²) in [5, 5.41) is 0.894. The molecule has 76 valence electrons. The first-order valence-corrected chi connectivity index (χ1v) is 5.57. The third-order valence-corrected chi connectivity index (χ3v) is 3.19. The van der Waals surface area contributed by atoms with E-state index in [0.29, 0.717) is 0 Å². The number of likely N-dealkylation sites (N-methyl/N-ethyl adjacent to an activating group) is 1. The number of benzene rings is 1. The lowest BCUT2D eigenvalue weighted by Gasteiger charge is -2.27. The van der Waals surface area contributed by atoms with Crippen LogP contribution in [0.25, 0.3) is 0 Å². The summed E-state index contributed by atoms with van der Waals surface area (Å²) >= 11 is 6.08. The Morgan fingerprint density at radius 2 is 2.21 bits per heavy atom. The maximum Gasteiger partial charge on any atom is 0.0411 e. The minimum Gasteiger partial charge on any atom is -0.302 e. The van der Waals surface area contributed by atoms with E-state index < -0.39 is 0 Å². The van der Waals surface area contributed by atoms with Gasteiger partial charge in [0.1, 0.15) is 0 Å². The van der Waals surface area contributed by atoms with E-state index in [-0.39, 0.29) is 0 Å². The van der Waals surface area contributed by atoms with E-state index >= 15 is 0 Å². The van der Waals surface area contributed by atoms with Gasteiger partial charge in [-0.1, -0.05) is 18.5 Å². The largest absolute Gasteiger partial charge is 0.302 e. The van der Waals surface area contributed by atoms with E-state index in [1.165, 1.54) is 16.7 Å². The number of fused-ring (bicyclic) bond motifs is 1. The minimum absolute atomic E-state index is 0.894. The van der Waals surface area contributed by atoms with Crippen LogP contribution < -0.4 is 0 Å². The third-order valence-electron chi connectivity index (χ3n) is 2.97. The summed E-state index contributed by atoms with van der Waals surface area (Å²) in [7, 11) is 2.18. The van der Waals surface area contributed by atoms with Gasteiger partial charge in [0.25, 0.3) is 0 Å². The SMILES string of the molecule is CCc1cc(Cl)cc2c1CN(C)CC2. The summed E-state index contributed by atoms with van der Waals surface area (Å²) < 4.78 is 0. The molecule has 0 N–H and O–H groups in total. The molecule has 1 heterocycles. The van der Waals surface area contributed by atoms with Gasteiger partial charge in [0.15, 0.2) is 0 Å². The van der Waals surface area contributed by atoms with Gasteiger partial charge in [0.05, 0.1) is 0 Å². The predicted octanol–water partition coefficient (Wildman–Crippen LogP) is 2.89. The summed E-state index contributed by atoms with van der Waals surface area (Å²) in [6.07, 6.45) is 2.22. The van der Waals surface area contributed by atoms with E-state index in [0.717, 1.165) is 31.0 Å². The zero-order valence-corrected chi connectivity index (χ0v) is 9.56. The fraction of sp³-hybridized carbons (Fsp3) is 0.500. The lowest BCUT2D eigenvalue weighted by atomic mass is 9.94. The molecule has 14 heavy (non-hydrogen) atoms. The summed E-state index contributed by atoms with van der Waals surface area (Å²) in [4.78, 5) is 2.37. The van der Waals surface area contributed by atoms with Gasteiger partial charge in [-0.05, 0) is 48.7 Å². The molecule has 1 aromatic carbocycles. The van der Waals surface area contributed by atoms with Crippen LogP contribution in [-0.4, -0.2) is 18.5 Å². The van der Waals surface area contributed by atoms with Crippen molar-refractivity contribution < 1.29 is 0 Å². The smallest absolute Gasteiger partial charge is 0.0411 e. The molecule has 0 saturated heterocycles. The maximum absolute atomic E-state index is 6.08. The Balaban J connectivity index is 2.47. The van der Waals surface area contributed by atoms with Crippen LogP contribution in [0.5, 0.6) is 0 Å². The lowest BCUT2D eigenvalue weighted by Crippen LogP contribution is -2.27. The molecule has 0 aromatic heterocycles. The van der Waals surface area contributed by atoms with Gasteiger partial charge in [-0.25, -0.2) is 0 Å². The zero-order chi connectivity index (χ0) is 10.1. The van der Waals surface area contributed by atoms with Crippen LogP contribution in [0.4, 0.5) is 0 Å². The Kier molecular flexibility index (Phi) is 2.80. The molecule has 2 heteroatoms. The number of aryl methyl sites for hydroxylation is 1. The van der Waals surface area contributed by atoms with Crippen molar-refractivity contribution in [3.8, 4) is 0 Å². The number of halogens is 1. The Morgan fingerprint density at radius 1 is 1.43 bits per heavy atom. The fourth-order valence-electron chi connectivity index (χ4n) is 2.16. The highest BCUT2D eigenvalue weighted by molar-refractivity contribution is 6.30. The van der Waals surface area contributed by atoms with Crippen LogP contribution in [0.3, 0.4) is 0 Å². The highest BCUT2D eigenvalue weighted by atomic mass is 35.5. The molecule has 0 aliphatic carbocycles. The van der Waals surface area contributed by atoms with E-state index in [1.54, 1.807) is 0 Å². The van der Waals surface area contributed by atoms with Crippen molar-refractivity contribution in [2.45, 2.75) is 26.3 Å². The van der Waals surface area contributed by atoms with Crippen LogP contribution in [0.2, 0.25) is 5.02 Å². The first-order chi connectivity index (χ1) is 6.70. The van der Waals surface area contributed by atoms with Gasteiger partial charge in [-0.3, -0.25) is 0 Å². The first-order valence-electron chi connectivity index (χ1n) is 5.19. The number of nitrogens with zero attached hydrogens (tertiary/aromatic N) is 1. The molecule has 0 atom stereocenters. The molecule has 0 bridgehead atoms. The standard InChI is InChI=1S/C12H16ClN/c1-3-9-6-11(13)7-10-4-5-14(2)8-12(9)10/h6-7H,3-5,8H2,1-2H3. The van der Waals surface area contributed by atoms with Crippen LogP contribution in [0, 0.1) is 0 Å². The van der Waals surface area contributed by atoms with E-state index in [4.69, 9.17) is 11.6 Å². The fourth-order valence-corrected chi connectivity index (χ4v) is 2.42. The van der Waals surface area contributed by atoms with Crippen molar-refractivity contribution in [1.29, 1.82) is 0 Å². The quantitative estimate of drug-likeness (QED) is 0.688. The summed E-state index contributed by atoms with van der Waals surface area (Å²) in [5.74, 6) is 0. The molecule has 1 aliphatic rings. The third kappa shape index (κ3) is 1.79. The average molecular weight is 210 g/mol. The van der Waals surface area contributed by atoms with Gasteiger partial charge in [-0.15, -0.1) is 0 Å². The topological polar surface area (TPSA) is 3.24 Å². The van der Waals surface area contributed by atoms with Crippen LogP contribution in [0.1, 0.15) is 23.6 Å².